The van der Waals surface area contributed by atoms with E-state index in [9.17, 15) is 0 Å². The van der Waals surface area contributed by atoms with E-state index in [-0.39, 0.29) is 6.10 Å². The van der Waals surface area contributed by atoms with Crippen molar-refractivity contribution in [2.45, 2.75) is 38.0 Å². The Morgan fingerprint density at radius 2 is 2.67 bits per heavy atom. The molecule has 0 amide bonds. The van der Waals surface area contributed by atoms with Gasteiger partial charge in [0, 0.05) is 6.61 Å². The molecule has 0 aromatic carbocycles. The van der Waals surface area contributed by atoms with Crippen LogP contribution in [0.5, 0.6) is 0 Å². The lowest BCUT2D eigenvalue weighted by Gasteiger charge is -2.38. The van der Waals surface area contributed by atoms with Crippen molar-refractivity contribution in [3.8, 4) is 0 Å². The van der Waals surface area contributed by atoms with Crippen molar-refractivity contribution in [1.82, 2.24) is 0 Å². The van der Waals surface area contributed by atoms with Crippen LogP contribution in [0, 0.1) is 0 Å². The minimum absolute atomic E-state index is 0.153. The minimum Gasteiger partial charge on any atom is -0.373 e. The third-order valence-electron chi connectivity index (χ3n) is 1.81. The molecule has 2 rings (SSSR count). The third-order valence-corrected chi connectivity index (χ3v) is 1.81. The molecule has 0 spiro atoms. The average molecular weight is 130 g/mol. The van der Waals surface area contributed by atoms with Crippen LogP contribution in [0.15, 0.2) is 0 Å². The zero-order valence-corrected chi connectivity index (χ0v) is 5.52. The largest absolute Gasteiger partial charge is 0.373 e. The van der Waals surface area contributed by atoms with Crippen molar-refractivity contribution in [3.05, 3.63) is 0 Å². The monoisotopic (exact) mass is 130 g/mol. The van der Waals surface area contributed by atoms with Crippen molar-refractivity contribution in [2.75, 3.05) is 6.61 Å². The summed E-state index contributed by atoms with van der Waals surface area (Å²) in [4.78, 5) is 0. The van der Waals surface area contributed by atoms with Crippen molar-refractivity contribution in [1.29, 1.82) is 0 Å². The van der Waals surface area contributed by atoms with E-state index in [1.54, 1.807) is 0 Å². The first kappa shape index (κ1) is 3.94. The van der Waals surface area contributed by atoms with Gasteiger partial charge in [0.1, 0.15) is 6.08 Å². The second kappa shape index (κ2) is 1.96. The molecule has 0 aromatic heterocycles. The topological polar surface area (TPSA) is 18.5 Å². The zero-order valence-electron chi connectivity index (χ0n) is 7.52. The second-order valence-electron chi connectivity index (χ2n) is 2.38. The first-order chi connectivity index (χ1) is 5.12. The summed E-state index contributed by atoms with van der Waals surface area (Å²) in [5.74, 6) is 0. The van der Waals surface area contributed by atoms with Crippen molar-refractivity contribution in [2.24, 2.45) is 0 Å². The molecule has 0 aliphatic carbocycles. The number of hydrogen-bond donors (Lipinski definition) is 0. The summed E-state index contributed by atoms with van der Waals surface area (Å²) in [6.45, 7) is 2.41. The van der Waals surface area contributed by atoms with Gasteiger partial charge in [0.25, 0.3) is 0 Å². The Morgan fingerprint density at radius 3 is 3.33 bits per heavy atom. The van der Waals surface area contributed by atoms with Crippen LogP contribution in [0.2, 0.25) is 0 Å². The van der Waals surface area contributed by atoms with Crippen LogP contribution in [0.4, 0.5) is 0 Å². The molecule has 0 saturated carbocycles. The number of rotatable bonds is 1. The Bertz CT molecular complexity index is 187. The second-order valence-corrected chi connectivity index (χ2v) is 2.38. The molecule has 9 heavy (non-hydrogen) atoms. The van der Waals surface area contributed by atoms with Crippen LogP contribution in [0.25, 0.3) is 0 Å². The van der Waals surface area contributed by atoms with Gasteiger partial charge in [0.15, 0.2) is 0 Å². The van der Waals surface area contributed by atoms with Crippen molar-refractivity contribution < 1.29 is 12.2 Å². The molecule has 2 nitrogen and oxygen atoms in total. The average Bonchev–Trinajstić information content (AvgIpc) is 2.29. The molecule has 2 aliphatic heterocycles. The lowest BCUT2D eigenvalue weighted by Crippen LogP contribution is -2.50. The maximum absolute atomic E-state index is 7.80. The Hall–Kier alpha value is -0.0800. The third kappa shape index (κ3) is 0.700. The quantitative estimate of drug-likeness (QED) is 0.526. The van der Waals surface area contributed by atoms with E-state index in [0.29, 0.717) is 13.0 Å². The van der Waals surface area contributed by atoms with Gasteiger partial charge < -0.3 is 9.47 Å². The molecular formula is C7H12O2. The van der Waals surface area contributed by atoms with E-state index in [0.717, 1.165) is 6.42 Å². The molecule has 0 radical (unpaired) electrons. The van der Waals surface area contributed by atoms with Gasteiger partial charge in [-0.25, -0.2) is 0 Å². The summed E-state index contributed by atoms with van der Waals surface area (Å²) in [5, 5.41) is 0. The molecule has 0 N–H and O–H groups in total. The Morgan fingerprint density at radius 1 is 1.78 bits per heavy atom. The highest BCUT2D eigenvalue weighted by molar-refractivity contribution is 4.92. The van der Waals surface area contributed by atoms with Gasteiger partial charge in [-0.2, -0.15) is 0 Å². The Kier molecular flexibility index (Phi) is 0.856. The van der Waals surface area contributed by atoms with E-state index < -0.39 is 12.2 Å². The maximum Gasteiger partial charge on any atom is 0.110 e. The smallest absolute Gasteiger partial charge is 0.110 e. The summed E-state index contributed by atoms with van der Waals surface area (Å²) < 4.78 is 26.0. The SMILES string of the molecule is [2H][C@]12OCC[C@H]1O[C@@]2([2H])CC. The van der Waals surface area contributed by atoms with E-state index in [1.807, 2.05) is 6.92 Å². The normalized spacial score (nSPS) is 67.9. The van der Waals surface area contributed by atoms with Crippen LogP contribution in [-0.2, 0) is 9.47 Å². The summed E-state index contributed by atoms with van der Waals surface area (Å²) in [6.07, 6.45) is -1.03. The molecule has 2 heterocycles. The lowest BCUT2D eigenvalue weighted by atomic mass is 9.99. The summed E-state index contributed by atoms with van der Waals surface area (Å²) >= 11 is 0. The molecule has 2 fully saturated rings. The van der Waals surface area contributed by atoms with E-state index >= 15 is 0 Å². The van der Waals surface area contributed by atoms with Crippen LogP contribution in [0.3, 0.4) is 0 Å². The Balaban J connectivity index is 2.20. The summed E-state index contributed by atoms with van der Waals surface area (Å²) in [5.41, 5.74) is 0. The molecule has 0 aromatic rings. The fourth-order valence-corrected chi connectivity index (χ4v) is 1.30. The number of ether oxygens (including phenoxy) is 2. The fraction of sp³-hybridized carbons (Fsp3) is 1.00. The number of hydrogen-bond acceptors (Lipinski definition) is 2. The van der Waals surface area contributed by atoms with Gasteiger partial charge in [0.05, 0.1) is 14.9 Å². The first-order valence-corrected chi connectivity index (χ1v) is 3.44. The van der Waals surface area contributed by atoms with E-state index in [1.165, 1.54) is 0 Å². The fourth-order valence-electron chi connectivity index (χ4n) is 1.30. The van der Waals surface area contributed by atoms with Crippen molar-refractivity contribution >= 4 is 0 Å². The van der Waals surface area contributed by atoms with Crippen LogP contribution in [0.1, 0.15) is 22.5 Å². The molecule has 52 valence electrons. The Labute approximate surface area is 58.0 Å². The molecular weight excluding hydrogens is 116 g/mol. The van der Waals surface area contributed by atoms with E-state index in [4.69, 9.17) is 12.2 Å². The highest BCUT2D eigenvalue weighted by Crippen LogP contribution is 2.33. The van der Waals surface area contributed by atoms with Gasteiger partial charge in [-0.15, -0.1) is 0 Å². The molecule has 2 aliphatic rings. The van der Waals surface area contributed by atoms with Gasteiger partial charge >= 0.3 is 0 Å². The van der Waals surface area contributed by atoms with Crippen LogP contribution in [-0.4, -0.2) is 24.9 Å². The highest BCUT2D eigenvalue weighted by Gasteiger charge is 2.45. The molecule has 0 unspecified atom stereocenters. The van der Waals surface area contributed by atoms with Gasteiger partial charge in [-0.3, -0.25) is 0 Å². The highest BCUT2D eigenvalue weighted by atomic mass is 16.6. The van der Waals surface area contributed by atoms with Crippen molar-refractivity contribution in [3.63, 3.8) is 0 Å². The zero-order chi connectivity index (χ0) is 8.11. The summed E-state index contributed by atoms with van der Waals surface area (Å²) in [7, 11) is 0. The molecule has 0 bridgehead atoms. The lowest BCUT2D eigenvalue weighted by molar-refractivity contribution is -0.198. The van der Waals surface area contributed by atoms with Gasteiger partial charge in [0.2, 0.25) is 0 Å². The first-order valence-electron chi connectivity index (χ1n) is 4.44. The van der Waals surface area contributed by atoms with Gasteiger partial charge in [-0.1, -0.05) is 6.92 Å². The molecule has 3 atom stereocenters. The number of fused-ring (bicyclic) bond motifs is 1. The molecule has 2 heteroatoms. The maximum atomic E-state index is 7.80. The summed E-state index contributed by atoms with van der Waals surface area (Å²) in [6, 6.07) is 0. The standard InChI is InChI=1S/C7H12O2/c1-2-5-7-6(9-5)3-4-8-7/h5-7H,2-4H2,1H3/t5-,6+,7+/m0/s1/i5D,7D. The van der Waals surface area contributed by atoms with E-state index in [2.05, 4.69) is 0 Å². The van der Waals surface area contributed by atoms with Gasteiger partial charge in [-0.05, 0) is 12.8 Å². The van der Waals surface area contributed by atoms with Crippen LogP contribution >= 0.6 is 0 Å². The predicted molar refractivity (Wildman–Crippen MR) is 33.3 cm³/mol. The molecule has 2 saturated heterocycles. The van der Waals surface area contributed by atoms with Crippen LogP contribution < -0.4 is 0 Å². The predicted octanol–water partition coefficient (Wildman–Crippen LogP) is 0.953. The minimum atomic E-state index is -1.10.